The second kappa shape index (κ2) is 2.65. The number of ketones is 1. The quantitative estimate of drug-likeness (QED) is 0.400. The van der Waals surface area contributed by atoms with Crippen molar-refractivity contribution in [2.45, 2.75) is 19.4 Å². The van der Waals surface area contributed by atoms with E-state index in [-0.39, 0.29) is 5.78 Å². The van der Waals surface area contributed by atoms with Gasteiger partial charge in [-0.2, -0.15) is 0 Å². The van der Waals surface area contributed by atoms with Gasteiger partial charge in [-0.05, 0) is 19.8 Å². The molecule has 2 heteroatoms. The first-order valence-corrected chi connectivity index (χ1v) is 2.61. The van der Waals surface area contributed by atoms with Crippen LogP contribution in [-0.2, 0) is 9.53 Å². The Morgan fingerprint density at radius 3 is 2.22 bits per heavy atom. The van der Waals surface area contributed by atoms with Gasteiger partial charge in [0.2, 0.25) is 5.78 Å². The van der Waals surface area contributed by atoms with E-state index < -0.39 is 5.60 Å². The van der Waals surface area contributed by atoms with Crippen molar-refractivity contribution in [3.8, 4) is 12.3 Å². The molecule has 0 atom stereocenters. The third kappa shape index (κ3) is 1.87. The Morgan fingerprint density at radius 2 is 2.11 bits per heavy atom. The summed E-state index contributed by atoms with van der Waals surface area (Å²) in [6, 6.07) is 0. The van der Waals surface area contributed by atoms with E-state index >= 15 is 0 Å². The van der Waals surface area contributed by atoms with Gasteiger partial charge < -0.3 is 4.74 Å². The van der Waals surface area contributed by atoms with Gasteiger partial charge in [-0.15, -0.1) is 6.42 Å². The number of methoxy groups -OCH3 is 1. The number of terminal acetylenes is 1. The molecule has 0 amide bonds. The lowest BCUT2D eigenvalue weighted by Gasteiger charge is -2.16. The van der Waals surface area contributed by atoms with Crippen LogP contribution >= 0.6 is 0 Å². The lowest BCUT2D eigenvalue weighted by Crippen LogP contribution is -2.32. The van der Waals surface area contributed by atoms with E-state index in [4.69, 9.17) is 11.2 Å². The van der Waals surface area contributed by atoms with Crippen LogP contribution in [0.25, 0.3) is 0 Å². The number of carbonyl (C=O) groups is 1. The summed E-state index contributed by atoms with van der Waals surface area (Å²) in [5.41, 5.74) is -0.825. The number of carbonyl (C=O) groups excluding carboxylic acids is 1. The smallest absolute Gasteiger partial charge is 0.236 e. The molecule has 0 saturated carbocycles. The van der Waals surface area contributed by atoms with E-state index in [1.165, 1.54) is 7.11 Å². The molecule has 0 saturated heterocycles. The summed E-state index contributed by atoms with van der Waals surface area (Å²) in [5, 5.41) is 0. The van der Waals surface area contributed by atoms with Gasteiger partial charge >= 0.3 is 0 Å². The molecule has 0 heterocycles. The van der Waals surface area contributed by atoms with E-state index in [2.05, 4.69) is 0 Å². The number of Topliss-reactive ketones (excluding diaryl/α,β-unsaturated/α-hetero) is 1. The van der Waals surface area contributed by atoms with Crippen molar-refractivity contribution >= 4 is 5.78 Å². The summed E-state index contributed by atoms with van der Waals surface area (Å²) >= 11 is 0. The molecule has 2 nitrogen and oxygen atoms in total. The van der Waals surface area contributed by atoms with Crippen molar-refractivity contribution in [1.82, 2.24) is 0 Å². The zero-order valence-corrected chi connectivity index (χ0v) is 5.89. The third-order valence-electron chi connectivity index (χ3n) is 1.19. The van der Waals surface area contributed by atoms with Crippen molar-refractivity contribution < 1.29 is 9.53 Å². The van der Waals surface area contributed by atoms with Crippen LogP contribution in [0.15, 0.2) is 0 Å². The van der Waals surface area contributed by atoms with Crippen LogP contribution in [-0.4, -0.2) is 18.5 Å². The minimum atomic E-state index is -0.825. The Morgan fingerprint density at radius 1 is 1.67 bits per heavy atom. The van der Waals surface area contributed by atoms with Crippen molar-refractivity contribution in [2.75, 3.05) is 7.11 Å². The summed E-state index contributed by atoms with van der Waals surface area (Å²) in [7, 11) is 1.45. The fourth-order valence-electron chi connectivity index (χ4n) is 0.266. The summed E-state index contributed by atoms with van der Waals surface area (Å²) in [6.07, 6.45) is 4.85. The van der Waals surface area contributed by atoms with Crippen molar-refractivity contribution in [2.24, 2.45) is 0 Å². The van der Waals surface area contributed by atoms with Gasteiger partial charge in [0, 0.05) is 7.11 Å². The van der Waals surface area contributed by atoms with E-state index in [9.17, 15) is 4.79 Å². The van der Waals surface area contributed by atoms with E-state index in [0.717, 1.165) is 0 Å². The standard InChI is InChI=1S/C7H10O2/c1-5-6(8)7(2,3)9-4/h1H,2-4H3. The first-order chi connectivity index (χ1) is 4.04. The molecular formula is C7H10O2. The fraction of sp³-hybridized carbons (Fsp3) is 0.571. The minimum Gasteiger partial charge on any atom is -0.370 e. The highest BCUT2D eigenvalue weighted by Gasteiger charge is 2.24. The second-order valence-electron chi connectivity index (χ2n) is 2.19. The van der Waals surface area contributed by atoms with Crippen LogP contribution < -0.4 is 0 Å². The topological polar surface area (TPSA) is 26.3 Å². The van der Waals surface area contributed by atoms with Gasteiger partial charge in [-0.3, -0.25) is 4.79 Å². The lowest BCUT2D eigenvalue weighted by atomic mass is 10.1. The van der Waals surface area contributed by atoms with Crippen LogP contribution in [0.1, 0.15) is 13.8 Å². The predicted molar refractivity (Wildman–Crippen MR) is 34.9 cm³/mol. The number of ether oxygens (including phenoxy) is 1. The van der Waals surface area contributed by atoms with Crippen molar-refractivity contribution in [1.29, 1.82) is 0 Å². The van der Waals surface area contributed by atoms with Crippen LogP contribution in [0.3, 0.4) is 0 Å². The van der Waals surface area contributed by atoms with E-state index in [1.54, 1.807) is 13.8 Å². The maximum Gasteiger partial charge on any atom is 0.236 e. The monoisotopic (exact) mass is 126 g/mol. The van der Waals surface area contributed by atoms with Crippen LogP contribution in [0.2, 0.25) is 0 Å². The second-order valence-corrected chi connectivity index (χ2v) is 2.19. The number of hydrogen-bond acceptors (Lipinski definition) is 2. The molecule has 0 aromatic carbocycles. The Bertz CT molecular complexity index is 151. The van der Waals surface area contributed by atoms with Gasteiger partial charge in [-0.25, -0.2) is 0 Å². The molecule has 0 bridgehead atoms. The van der Waals surface area contributed by atoms with Crippen LogP contribution in [0.5, 0.6) is 0 Å². The summed E-state index contributed by atoms with van der Waals surface area (Å²) in [5.74, 6) is 1.66. The predicted octanol–water partition coefficient (Wildman–Crippen LogP) is 0.614. The molecule has 0 spiro atoms. The first kappa shape index (κ1) is 8.19. The van der Waals surface area contributed by atoms with E-state index in [0.29, 0.717) is 0 Å². The van der Waals surface area contributed by atoms with Gasteiger partial charge in [0.05, 0.1) is 0 Å². The Kier molecular flexibility index (Phi) is 2.41. The Labute approximate surface area is 55.2 Å². The third-order valence-corrected chi connectivity index (χ3v) is 1.19. The highest BCUT2D eigenvalue weighted by molar-refractivity contribution is 6.01. The lowest BCUT2D eigenvalue weighted by molar-refractivity contribution is -0.130. The molecule has 0 unspecified atom stereocenters. The summed E-state index contributed by atoms with van der Waals surface area (Å²) in [6.45, 7) is 3.27. The highest BCUT2D eigenvalue weighted by atomic mass is 16.5. The average molecular weight is 126 g/mol. The first-order valence-electron chi connectivity index (χ1n) is 2.61. The largest absolute Gasteiger partial charge is 0.370 e. The summed E-state index contributed by atoms with van der Waals surface area (Å²) in [4.78, 5) is 10.7. The van der Waals surface area contributed by atoms with E-state index in [1.807, 2.05) is 5.92 Å². The molecular weight excluding hydrogens is 116 g/mol. The molecule has 0 fully saturated rings. The van der Waals surface area contributed by atoms with Gasteiger partial charge in [-0.1, -0.05) is 0 Å². The molecule has 0 aliphatic rings. The Balaban J connectivity index is 4.19. The molecule has 50 valence electrons. The average Bonchev–Trinajstić information content (AvgIpc) is 1.86. The molecule has 0 aliphatic carbocycles. The van der Waals surface area contributed by atoms with Crippen LogP contribution in [0.4, 0.5) is 0 Å². The molecule has 0 rings (SSSR count). The van der Waals surface area contributed by atoms with Gasteiger partial charge in [0.15, 0.2) is 0 Å². The zero-order chi connectivity index (χ0) is 7.49. The zero-order valence-electron chi connectivity index (χ0n) is 5.89. The van der Waals surface area contributed by atoms with Crippen molar-refractivity contribution in [3.63, 3.8) is 0 Å². The summed E-state index contributed by atoms with van der Waals surface area (Å²) < 4.78 is 4.80. The normalized spacial score (nSPS) is 10.4. The molecule has 9 heavy (non-hydrogen) atoms. The molecule has 0 aliphatic heterocycles. The Hall–Kier alpha value is -0.810. The van der Waals surface area contributed by atoms with Gasteiger partial charge in [0.1, 0.15) is 5.60 Å². The maximum absolute atomic E-state index is 10.7. The molecule has 0 aromatic heterocycles. The number of hydrogen-bond donors (Lipinski definition) is 0. The molecule has 0 aromatic rings. The number of rotatable bonds is 2. The maximum atomic E-state index is 10.7. The fourth-order valence-corrected chi connectivity index (χ4v) is 0.266. The minimum absolute atomic E-state index is 0.329. The van der Waals surface area contributed by atoms with Crippen molar-refractivity contribution in [3.05, 3.63) is 0 Å². The van der Waals surface area contributed by atoms with Crippen LogP contribution in [0, 0.1) is 12.3 Å². The molecule has 0 N–H and O–H groups in total. The van der Waals surface area contributed by atoms with Gasteiger partial charge in [0.25, 0.3) is 0 Å². The SMILES string of the molecule is C#CC(=O)C(C)(C)OC. The molecule has 0 radical (unpaired) electrons. The highest BCUT2D eigenvalue weighted by Crippen LogP contribution is 2.06.